The minimum atomic E-state index is -0.252. The molecular formula is C23H29N3O3. The quantitative estimate of drug-likeness (QED) is 0.564. The summed E-state index contributed by atoms with van der Waals surface area (Å²) < 4.78 is 13.3. The Hall–Kier alpha value is -3.02. The SMILES string of the molecule is CCC(C)c1ccc(OCc2ccc(C(=O)NCc3cnn(CC)c3C)o2)cc1. The fraction of sp³-hybridized carbons (Fsp3) is 0.391. The zero-order valence-electron chi connectivity index (χ0n) is 17.6. The lowest BCUT2D eigenvalue weighted by Crippen LogP contribution is -2.22. The molecule has 3 rings (SSSR count). The van der Waals surface area contributed by atoms with Gasteiger partial charge in [-0.3, -0.25) is 9.48 Å². The van der Waals surface area contributed by atoms with Crippen molar-refractivity contribution in [1.29, 1.82) is 0 Å². The number of aryl methyl sites for hydroxylation is 1. The zero-order valence-corrected chi connectivity index (χ0v) is 17.6. The number of rotatable bonds is 9. The van der Waals surface area contributed by atoms with Crippen LogP contribution in [0.1, 0.15) is 66.2 Å². The highest BCUT2D eigenvalue weighted by Gasteiger charge is 2.13. The van der Waals surface area contributed by atoms with Gasteiger partial charge in [-0.1, -0.05) is 26.0 Å². The molecule has 0 radical (unpaired) electrons. The van der Waals surface area contributed by atoms with Crippen LogP contribution >= 0.6 is 0 Å². The summed E-state index contributed by atoms with van der Waals surface area (Å²) in [6.45, 7) is 9.92. The van der Waals surface area contributed by atoms with Crippen LogP contribution in [0.5, 0.6) is 5.75 Å². The average molecular weight is 396 g/mol. The van der Waals surface area contributed by atoms with Gasteiger partial charge in [-0.25, -0.2) is 0 Å². The highest BCUT2D eigenvalue weighted by molar-refractivity contribution is 5.91. The molecule has 1 unspecified atom stereocenters. The first-order chi connectivity index (χ1) is 14.0. The fourth-order valence-corrected chi connectivity index (χ4v) is 3.10. The Balaban J connectivity index is 1.52. The van der Waals surface area contributed by atoms with E-state index in [1.165, 1.54) is 5.56 Å². The van der Waals surface area contributed by atoms with E-state index >= 15 is 0 Å². The molecule has 29 heavy (non-hydrogen) atoms. The molecule has 0 aliphatic rings. The third-order valence-electron chi connectivity index (χ3n) is 5.27. The van der Waals surface area contributed by atoms with E-state index in [0.717, 1.165) is 30.0 Å². The number of carbonyl (C=O) groups is 1. The molecular weight excluding hydrogens is 366 g/mol. The van der Waals surface area contributed by atoms with Gasteiger partial charge in [0.05, 0.1) is 6.20 Å². The first-order valence-electron chi connectivity index (χ1n) is 10.1. The van der Waals surface area contributed by atoms with Crippen molar-refractivity contribution >= 4 is 5.91 Å². The Morgan fingerprint density at radius 2 is 1.97 bits per heavy atom. The van der Waals surface area contributed by atoms with Crippen molar-refractivity contribution in [2.24, 2.45) is 0 Å². The molecule has 1 aromatic carbocycles. The number of ether oxygens (including phenoxy) is 1. The van der Waals surface area contributed by atoms with Crippen molar-refractivity contribution in [3.63, 3.8) is 0 Å². The van der Waals surface area contributed by atoms with E-state index in [-0.39, 0.29) is 18.3 Å². The largest absolute Gasteiger partial charge is 0.486 e. The van der Waals surface area contributed by atoms with Gasteiger partial charge >= 0.3 is 0 Å². The average Bonchev–Trinajstić information content (AvgIpc) is 3.37. The van der Waals surface area contributed by atoms with Crippen LogP contribution in [0, 0.1) is 6.92 Å². The number of nitrogens with zero attached hydrogens (tertiary/aromatic N) is 2. The van der Waals surface area contributed by atoms with Crippen LogP contribution < -0.4 is 10.1 Å². The number of nitrogens with one attached hydrogen (secondary N) is 1. The number of amides is 1. The standard InChI is InChI=1S/C23H29N3O3/c1-5-16(3)18-7-9-20(10-8-18)28-15-21-11-12-22(29-21)23(27)24-13-19-14-25-26(6-2)17(19)4/h7-12,14,16H,5-6,13,15H2,1-4H3,(H,24,27). The first-order valence-corrected chi connectivity index (χ1v) is 10.1. The minimum absolute atomic E-state index is 0.252. The smallest absolute Gasteiger partial charge is 0.287 e. The summed E-state index contributed by atoms with van der Waals surface area (Å²) >= 11 is 0. The number of benzene rings is 1. The minimum Gasteiger partial charge on any atom is -0.486 e. The van der Waals surface area contributed by atoms with Gasteiger partial charge in [0.25, 0.3) is 5.91 Å². The fourth-order valence-electron chi connectivity index (χ4n) is 3.10. The van der Waals surface area contributed by atoms with Crippen LogP contribution in [0.25, 0.3) is 0 Å². The molecule has 2 aromatic heterocycles. The Bertz CT molecular complexity index is 941. The summed E-state index contributed by atoms with van der Waals surface area (Å²) in [6, 6.07) is 11.6. The lowest BCUT2D eigenvalue weighted by Gasteiger charge is -2.10. The highest BCUT2D eigenvalue weighted by Crippen LogP contribution is 2.22. The van der Waals surface area contributed by atoms with Gasteiger partial charge in [0.1, 0.15) is 18.1 Å². The molecule has 6 nitrogen and oxygen atoms in total. The van der Waals surface area contributed by atoms with E-state index in [1.54, 1.807) is 18.3 Å². The van der Waals surface area contributed by atoms with E-state index in [4.69, 9.17) is 9.15 Å². The molecule has 0 fully saturated rings. The van der Waals surface area contributed by atoms with Crippen LogP contribution in [0.2, 0.25) is 0 Å². The summed E-state index contributed by atoms with van der Waals surface area (Å²) in [6.07, 6.45) is 2.89. The molecule has 0 aliphatic carbocycles. The van der Waals surface area contributed by atoms with E-state index in [0.29, 0.717) is 18.2 Å². The molecule has 154 valence electrons. The van der Waals surface area contributed by atoms with E-state index in [2.05, 4.69) is 36.4 Å². The van der Waals surface area contributed by atoms with Gasteiger partial charge in [-0.05, 0) is 56.0 Å². The molecule has 0 saturated heterocycles. The number of aromatic nitrogens is 2. The number of furan rings is 1. The van der Waals surface area contributed by atoms with E-state index in [1.807, 2.05) is 30.7 Å². The molecule has 0 aliphatic heterocycles. The predicted molar refractivity (Wildman–Crippen MR) is 112 cm³/mol. The summed E-state index contributed by atoms with van der Waals surface area (Å²) in [5.41, 5.74) is 3.35. The van der Waals surface area contributed by atoms with Crippen molar-refractivity contribution < 1.29 is 13.9 Å². The molecule has 0 saturated carbocycles. The second-order valence-corrected chi connectivity index (χ2v) is 7.19. The molecule has 0 spiro atoms. The van der Waals surface area contributed by atoms with Crippen LogP contribution in [0.15, 0.2) is 47.0 Å². The highest BCUT2D eigenvalue weighted by atomic mass is 16.5. The third-order valence-corrected chi connectivity index (χ3v) is 5.27. The Kier molecular flexibility index (Phi) is 6.75. The Morgan fingerprint density at radius 1 is 1.21 bits per heavy atom. The third kappa shape index (κ3) is 5.08. The van der Waals surface area contributed by atoms with Crippen molar-refractivity contribution in [2.75, 3.05) is 0 Å². The predicted octanol–water partition coefficient (Wildman–Crippen LogP) is 4.83. The summed E-state index contributed by atoms with van der Waals surface area (Å²) in [5, 5.41) is 7.16. The number of hydrogen-bond acceptors (Lipinski definition) is 4. The van der Waals surface area contributed by atoms with Crippen LogP contribution in [-0.4, -0.2) is 15.7 Å². The van der Waals surface area contributed by atoms with Crippen molar-refractivity contribution in [2.45, 2.75) is 59.7 Å². The van der Waals surface area contributed by atoms with Gasteiger partial charge in [0, 0.05) is 24.3 Å². The van der Waals surface area contributed by atoms with Gasteiger partial charge in [-0.2, -0.15) is 5.10 Å². The van der Waals surface area contributed by atoms with Gasteiger partial charge in [-0.15, -0.1) is 0 Å². The van der Waals surface area contributed by atoms with E-state index < -0.39 is 0 Å². The topological polar surface area (TPSA) is 69.3 Å². The molecule has 0 bridgehead atoms. The Labute approximate surface area is 171 Å². The molecule has 1 N–H and O–H groups in total. The second kappa shape index (κ2) is 9.45. The van der Waals surface area contributed by atoms with E-state index in [9.17, 15) is 4.79 Å². The number of carbonyl (C=O) groups excluding carboxylic acids is 1. The van der Waals surface area contributed by atoms with Crippen LogP contribution in [-0.2, 0) is 19.7 Å². The molecule has 6 heteroatoms. The number of hydrogen-bond donors (Lipinski definition) is 1. The Morgan fingerprint density at radius 3 is 2.62 bits per heavy atom. The lowest BCUT2D eigenvalue weighted by molar-refractivity contribution is 0.0919. The van der Waals surface area contributed by atoms with Crippen molar-refractivity contribution in [3.8, 4) is 5.75 Å². The van der Waals surface area contributed by atoms with Crippen LogP contribution in [0.3, 0.4) is 0 Å². The maximum Gasteiger partial charge on any atom is 0.287 e. The molecule has 3 aromatic rings. The van der Waals surface area contributed by atoms with Gasteiger partial charge < -0.3 is 14.5 Å². The normalized spacial score (nSPS) is 12.0. The zero-order chi connectivity index (χ0) is 20.8. The molecule has 1 atom stereocenters. The summed E-state index contributed by atoms with van der Waals surface area (Å²) in [7, 11) is 0. The maximum atomic E-state index is 12.4. The summed E-state index contributed by atoms with van der Waals surface area (Å²) in [4.78, 5) is 12.4. The first kappa shape index (κ1) is 20.7. The lowest BCUT2D eigenvalue weighted by atomic mass is 9.99. The van der Waals surface area contributed by atoms with Crippen molar-refractivity contribution in [1.82, 2.24) is 15.1 Å². The second-order valence-electron chi connectivity index (χ2n) is 7.19. The monoisotopic (exact) mass is 395 g/mol. The van der Waals surface area contributed by atoms with Crippen LogP contribution in [0.4, 0.5) is 0 Å². The van der Waals surface area contributed by atoms with Gasteiger partial charge in [0.2, 0.25) is 0 Å². The van der Waals surface area contributed by atoms with Crippen molar-refractivity contribution in [3.05, 3.63) is 70.9 Å². The maximum absolute atomic E-state index is 12.4. The van der Waals surface area contributed by atoms with Gasteiger partial charge in [0.15, 0.2) is 5.76 Å². The molecule has 1 amide bonds. The molecule has 2 heterocycles. The summed E-state index contributed by atoms with van der Waals surface area (Å²) in [5.74, 6) is 1.95.